The molecule has 0 bridgehead atoms. The van der Waals surface area contributed by atoms with Gasteiger partial charge >= 0.3 is 0 Å². The molecule has 12 aromatic carbocycles. The van der Waals surface area contributed by atoms with Gasteiger partial charge in [0.2, 0.25) is 6.71 Å². The van der Waals surface area contributed by atoms with Crippen LogP contribution in [0.5, 0.6) is 11.5 Å². The number of fused-ring (bicyclic) bond motifs is 8. The van der Waals surface area contributed by atoms with Crippen LogP contribution in [0.15, 0.2) is 276 Å². The van der Waals surface area contributed by atoms with Crippen LogP contribution in [0.2, 0.25) is 0 Å². The number of hydrogen-bond donors (Lipinski definition) is 0. The molecule has 0 atom stereocenters. The predicted molar refractivity (Wildman–Crippen MR) is 313 cm³/mol. The summed E-state index contributed by atoms with van der Waals surface area (Å²) in [6, 6.07) is 95.1. The second-order valence-electron chi connectivity index (χ2n) is 19.4. The minimum absolute atomic E-state index is 0.111. The third-order valence-electron chi connectivity index (χ3n) is 15.2. The highest BCUT2D eigenvalue weighted by Crippen LogP contribution is 2.52. The van der Waals surface area contributed by atoms with E-state index in [0.29, 0.717) is 0 Å². The minimum Gasteiger partial charge on any atom is -0.457 e. The smallest absolute Gasteiger partial charge is 0.246 e. The number of anilines is 3. The molecule has 0 N–H and O–H groups in total. The zero-order valence-corrected chi connectivity index (χ0v) is 40.7. The maximum absolute atomic E-state index is 7.05. The van der Waals surface area contributed by atoms with Crippen molar-refractivity contribution < 1.29 is 13.6 Å². The van der Waals surface area contributed by atoms with Crippen LogP contribution >= 0.6 is 0 Å². The topological polar surface area (TPSA) is 38.8 Å². The number of furan rings is 2. The first-order valence-corrected chi connectivity index (χ1v) is 25.6. The Morgan fingerprint density at radius 3 is 1.61 bits per heavy atom. The van der Waals surface area contributed by atoms with Gasteiger partial charge in [-0.3, -0.25) is 0 Å². The molecule has 3 heterocycles. The Kier molecular flexibility index (Phi) is 9.95. The van der Waals surface area contributed by atoms with Crippen molar-refractivity contribution in [1.29, 1.82) is 0 Å². The lowest BCUT2D eigenvalue weighted by Crippen LogP contribution is -2.52. The second kappa shape index (κ2) is 17.4. The molecule has 4 nitrogen and oxygen atoms in total. The van der Waals surface area contributed by atoms with Crippen molar-refractivity contribution in [3.63, 3.8) is 0 Å². The lowest BCUT2D eigenvalue weighted by atomic mass is 9.35. The van der Waals surface area contributed by atoms with Gasteiger partial charge in [0.1, 0.15) is 28.2 Å². The lowest BCUT2D eigenvalue weighted by Gasteiger charge is -2.29. The van der Waals surface area contributed by atoms with Crippen LogP contribution < -0.4 is 26.0 Å². The number of benzene rings is 12. The van der Waals surface area contributed by atoms with Crippen LogP contribution in [0.1, 0.15) is 0 Å². The monoisotopic (exact) mass is 957 g/mol. The summed E-state index contributed by atoms with van der Waals surface area (Å²) in [5.41, 5.74) is 19.0. The zero-order valence-electron chi connectivity index (χ0n) is 40.7. The molecule has 0 aliphatic carbocycles. The molecule has 0 spiro atoms. The molecular formula is C70H44BNO3. The first-order chi connectivity index (χ1) is 37.2. The van der Waals surface area contributed by atoms with E-state index in [1.54, 1.807) is 0 Å². The maximum atomic E-state index is 7.05. The van der Waals surface area contributed by atoms with Gasteiger partial charge in [-0.2, -0.15) is 0 Å². The van der Waals surface area contributed by atoms with E-state index in [2.05, 4.69) is 254 Å². The van der Waals surface area contributed by atoms with Crippen molar-refractivity contribution in [2.24, 2.45) is 0 Å². The predicted octanol–water partition coefficient (Wildman–Crippen LogP) is 17.4. The molecular weight excluding hydrogens is 914 g/mol. The van der Waals surface area contributed by atoms with Crippen molar-refractivity contribution in [2.45, 2.75) is 0 Å². The number of ether oxygens (including phenoxy) is 1. The molecule has 1 aliphatic heterocycles. The van der Waals surface area contributed by atoms with Crippen LogP contribution in [0.3, 0.4) is 0 Å². The van der Waals surface area contributed by atoms with Gasteiger partial charge in [0.25, 0.3) is 0 Å². The standard InChI is InChI=1S/C70H44BNO3/c1-3-18-45(19-4-1)51-22-7-11-29-60(51)71(61-30-15-27-58-53-24-9-13-33-64(53)74-69(58)61)48-38-36-47(37-39-48)50-42-43-57-55-41-40-49(44-67(55)73-66-35-17-26-56(50)68(57)66)72(62-31-12-8-23-52(62)46-20-5-2-6-21-46)63-32-16-28-59-54-25-10-14-34-65(54)75-70(59)63/h1-44H. The molecule has 0 fully saturated rings. The Labute approximate surface area is 434 Å². The maximum Gasteiger partial charge on any atom is 0.246 e. The number of rotatable bonds is 9. The van der Waals surface area contributed by atoms with E-state index in [0.717, 1.165) is 122 Å². The van der Waals surface area contributed by atoms with Crippen molar-refractivity contribution in [2.75, 3.05) is 4.90 Å². The highest BCUT2D eigenvalue weighted by atomic mass is 16.5. The largest absolute Gasteiger partial charge is 0.457 e. The van der Waals surface area contributed by atoms with Crippen LogP contribution in [-0.2, 0) is 0 Å². The fourth-order valence-corrected chi connectivity index (χ4v) is 11.9. The molecule has 75 heavy (non-hydrogen) atoms. The molecule has 0 unspecified atom stereocenters. The van der Waals surface area contributed by atoms with Crippen LogP contribution in [0.4, 0.5) is 17.1 Å². The van der Waals surface area contributed by atoms with E-state index in [1.165, 1.54) is 22.1 Å². The van der Waals surface area contributed by atoms with E-state index >= 15 is 0 Å². The first kappa shape index (κ1) is 42.8. The summed E-state index contributed by atoms with van der Waals surface area (Å²) >= 11 is 0. The van der Waals surface area contributed by atoms with Gasteiger partial charge in [-0.25, -0.2) is 0 Å². The van der Waals surface area contributed by atoms with Crippen molar-refractivity contribution in [3.05, 3.63) is 267 Å². The third kappa shape index (κ3) is 7.00. The van der Waals surface area contributed by atoms with Gasteiger partial charge in [-0.05, 0) is 86.7 Å². The zero-order chi connectivity index (χ0) is 49.4. The van der Waals surface area contributed by atoms with E-state index in [4.69, 9.17) is 13.6 Å². The van der Waals surface area contributed by atoms with Gasteiger partial charge in [-0.1, -0.05) is 229 Å². The molecule has 0 saturated heterocycles. The number of hydrogen-bond acceptors (Lipinski definition) is 4. The SMILES string of the molecule is c1ccc(-c2ccccc2B(c2ccc(-c3ccc4c5c(cccc35)Oc3cc(N(c5ccccc5-c5ccccc5)c5cccc6c5oc5ccccc56)ccc3-4)cc2)c2cccc3c2oc2ccccc23)cc1. The normalized spacial score (nSPS) is 11.8. The minimum atomic E-state index is -0.111. The van der Waals surface area contributed by atoms with E-state index in [-0.39, 0.29) is 6.71 Å². The Balaban J connectivity index is 0.844. The summed E-state index contributed by atoms with van der Waals surface area (Å²) in [6.07, 6.45) is 0. The Morgan fingerprint density at radius 2 is 0.840 bits per heavy atom. The van der Waals surface area contributed by atoms with Gasteiger partial charge in [-0.15, -0.1) is 0 Å². The Bertz CT molecular complexity index is 4520. The van der Waals surface area contributed by atoms with E-state index in [1.807, 2.05) is 18.2 Å². The Hall–Kier alpha value is -9.84. The van der Waals surface area contributed by atoms with Gasteiger partial charge < -0.3 is 18.5 Å². The summed E-state index contributed by atoms with van der Waals surface area (Å²) in [5, 5.41) is 6.64. The van der Waals surface area contributed by atoms with Crippen LogP contribution in [0, 0.1) is 0 Å². The molecule has 5 heteroatoms. The molecule has 14 aromatic rings. The first-order valence-electron chi connectivity index (χ1n) is 25.6. The quantitative estimate of drug-likeness (QED) is 0.135. The van der Waals surface area contributed by atoms with Crippen LogP contribution in [0.25, 0.3) is 99.2 Å². The molecule has 15 rings (SSSR count). The molecule has 2 aromatic heterocycles. The molecule has 350 valence electrons. The van der Waals surface area contributed by atoms with Gasteiger partial charge in [0, 0.05) is 44.1 Å². The fourth-order valence-electron chi connectivity index (χ4n) is 11.9. The average Bonchev–Trinajstić information content (AvgIpc) is 4.09. The summed E-state index contributed by atoms with van der Waals surface area (Å²) in [6.45, 7) is -0.111. The second-order valence-corrected chi connectivity index (χ2v) is 19.4. The van der Waals surface area contributed by atoms with Crippen molar-refractivity contribution in [1.82, 2.24) is 0 Å². The Morgan fingerprint density at radius 1 is 0.307 bits per heavy atom. The molecule has 0 amide bonds. The fraction of sp³-hybridized carbons (Fsp3) is 0. The van der Waals surface area contributed by atoms with E-state index in [9.17, 15) is 0 Å². The van der Waals surface area contributed by atoms with Crippen molar-refractivity contribution >= 4 is 94.8 Å². The number of nitrogens with zero attached hydrogens (tertiary/aromatic N) is 1. The van der Waals surface area contributed by atoms with Crippen LogP contribution in [-0.4, -0.2) is 6.71 Å². The summed E-state index contributed by atoms with van der Waals surface area (Å²) in [5.74, 6) is 1.63. The molecule has 0 radical (unpaired) electrons. The van der Waals surface area contributed by atoms with Gasteiger partial charge in [0.15, 0.2) is 5.58 Å². The highest BCUT2D eigenvalue weighted by Gasteiger charge is 2.30. The summed E-state index contributed by atoms with van der Waals surface area (Å²) in [4.78, 5) is 2.32. The lowest BCUT2D eigenvalue weighted by molar-refractivity contribution is 0.487. The third-order valence-corrected chi connectivity index (χ3v) is 15.2. The molecule has 0 saturated carbocycles. The van der Waals surface area contributed by atoms with Crippen molar-refractivity contribution in [3.8, 4) is 56.0 Å². The summed E-state index contributed by atoms with van der Waals surface area (Å²) in [7, 11) is 0. The average molecular weight is 958 g/mol. The van der Waals surface area contributed by atoms with Gasteiger partial charge in [0.05, 0.1) is 17.1 Å². The summed E-state index contributed by atoms with van der Waals surface area (Å²) < 4.78 is 20.5. The molecule has 1 aliphatic rings. The van der Waals surface area contributed by atoms with E-state index < -0.39 is 0 Å². The number of para-hydroxylation sites is 5. The highest BCUT2D eigenvalue weighted by molar-refractivity contribution is 6.97.